The molecule has 2 heteroatoms. The summed E-state index contributed by atoms with van der Waals surface area (Å²) in [5.41, 5.74) is 9.37. The average molecular weight is 502 g/mol. The second kappa shape index (κ2) is 12.0. The molecule has 0 aliphatic carbocycles. The van der Waals surface area contributed by atoms with E-state index < -0.39 is 0 Å². The molecular weight excluding hydrogens is 448 g/mol. The maximum absolute atomic E-state index is 5.46. The summed E-state index contributed by atoms with van der Waals surface area (Å²) in [7, 11) is 0. The van der Waals surface area contributed by atoms with E-state index in [1.54, 1.807) is 0 Å². The van der Waals surface area contributed by atoms with E-state index in [4.69, 9.17) is 10.3 Å². The smallest absolute Gasteiger partial charge is 0.0702 e. The highest BCUT2D eigenvalue weighted by atomic mass is 14.9. The van der Waals surface area contributed by atoms with Crippen LogP contribution in [-0.2, 0) is 0 Å². The lowest BCUT2D eigenvalue weighted by Gasteiger charge is -2.41. The SMILES string of the molecule is CC(C)c1cccc(C(C)C)c1N=C(/C=C(\[N-]c1c(C(C)C)cccc1C(C)C)C(C)(C)C)C(C)(C)C. The monoisotopic (exact) mass is 501 g/mol. The van der Waals surface area contributed by atoms with E-state index in [9.17, 15) is 0 Å². The van der Waals surface area contributed by atoms with Crippen LogP contribution in [0.3, 0.4) is 0 Å². The summed E-state index contributed by atoms with van der Waals surface area (Å²) >= 11 is 0. The lowest BCUT2D eigenvalue weighted by atomic mass is 9.83. The van der Waals surface area contributed by atoms with Gasteiger partial charge in [-0.1, -0.05) is 151 Å². The lowest BCUT2D eigenvalue weighted by Crippen LogP contribution is -2.21. The molecule has 2 aromatic carbocycles. The van der Waals surface area contributed by atoms with Gasteiger partial charge in [0.2, 0.25) is 0 Å². The minimum atomic E-state index is -0.136. The molecule has 2 nitrogen and oxygen atoms in total. The number of allylic oxidation sites excluding steroid dienone is 2. The van der Waals surface area contributed by atoms with E-state index in [-0.39, 0.29) is 10.8 Å². The van der Waals surface area contributed by atoms with Crippen LogP contribution in [0.15, 0.2) is 53.2 Å². The Hall–Kier alpha value is -2.35. The van der Waals surface area contributed by atoms with E-state index in [1.165, 1.54) is 22.3 Å². The van der Waals surface area contributed by atoms with Crippen molar-refractivity contribution in [2.24, 2.45) is 15.8 Å². The first-order valence-electron chi connectivity index (χ1n) is 14.2. The molecule has 0 atom stereocenters. The summed E-state index contributed by atoms with van der Waals surface area (Å²) in [4.78, 5) is 5.46. The van der Waals surface area contributed by atoms with Gasteiger partial charge in [0.1, 0.15) is 0 Å². The topological polar surface area (TPSA) is 26.5 Å². The van der Waals surface area contributed by atoms with Crippen molar-refractivity contribution in [3.05, 3.63) is 75.7 Å². The van der Waals surface area contributed by atoms with Crippen molar-refractivity contribution >= 4 is 17.1 Å². The van der Waals surface area contributed by atoms with Gasteiger partial charge in [-0.25, -0.2) is 0 Å². The summed E-state index contributed by atoms with van der Waals surface area (Å²) in [5, 5.41) is 5.46. The number of hydrogen-bond donors (Lipinski definition) is 0. The molecule has 0 N–H and O–H groups in total. The average Bonchev–Trinajstić information content (AvgIpc) is 2.75. The molecule has 0 unspecified atom stereocenters. The number of para-hydroxylation sites is 2. The number of rotatable bonds is 8. The molecule has 0 fully saturated rings. The zero-order chi connectivity index (χ0) is 28.3. The predicted octanol–water partition coefficient (Wildman–Crippen LogP) is 11.9. The van der Waals surface area contributed by atoms with Gasteiger partial charge in [-0.15, -0.1) is 5.69 Å². The van der Waals surface area contributed by atoms with Crippen molar-refractivity contribution in [2.45, 2.75) is 121 Å². The van der Waals surface area contributed by atoms with Crippen molar-refractivity contribution in [3.63, 3.8) is 0 Å². The second-order valence-corrected chi connectivity index (χ2v) is 13.8. The van der Waals surface area contributed by atoms with E-state index >= 15 is 0 Å². The van der Waals surface area contributed by atoms with Gasteiger partial charge < -0.3 is 5.32 Å². The normalized spacial score (nSPS) is 13.9. The molecular formula is C35H53N2-. The first-order valence-corrected chi connectivity index (χ1v) is 14.2. The van der Waals surface area contributed by atoms with Crippen molar-refractivity contribution in [3.8, 4) is 0 Å². The Morgan fingerprint density at radius 3 is 1.32 bits per heavy atom. The first-order chi connectivity index (χ1) is 16.9. The molecule has 0 aromatic heterocycles. The molecule has 0 radical (unpaired) electrons. The van der Waals surface area contributed by atoms with Crippen LogP contribution in [0, 0.1) is 10.8 Å². The van der Waals surface area contributed by atoms with Crippen LogP contribution < -0.4 is 0 Å². The van der Waals surface area contributed by atoms with Gasteiger partial charge in [0, 0.05) is 11.1 Å². The molecule has 204 valence electrons. The van der Waals surface area contributed by atoms with Gasteiger partial charge in [-0.2, -0.15) is 5.70 Å². The van der Waals surface area contributed by atoms with Crippen molar-refractivity contribution in [2.75, 3.05) is 0 Å². The van der Waals surface area contributed by atoms with Crippen LogP contribution >= 0.6 is 0 Å². The van der Waals surface area contributed by atoms with Crippen LogP contribution in [0.2, 0.25) is 0 Å². The summed E-state index contributed by atoms with van der Waals surface area (Å²) in [6.07, 6.45) is 2.28. The van der Waals surface area contributed by atoms with Gasteiger partial charge in [0.25, 0.3) is 0 Å². The number of hydrogen-bond acceptors (Lipinski definition) is 1. The Morgan fingerprint density at radius 2 is 1.00 bits per heavy atom. The van der Waals surface area contributed by atoms with E-state index in [0.717, 1.165) is 22.8 Å². The summed E-state index contributed by atoms with van der Waals surface area (Å²) in [6.45, 7) is 31.7. The third-order valence-corrected chi connectivity index (χ3v) is 6.96. The maximum Gasteiger partial charge on any atom is 0.0702 e. The van der Waals surface area contributed by atoms with E-state index in [0.29, 0.717) is 23.7 Å². The molecule has 37 heavy (non-hydrogen) atoms. The largest absolute Gasteiger partial charge is 0.660 e. The minimum Gasteiger partial charge on any atom is -0.660 e. The molecule has 0 spiro atoms. The Balaban J connectivity index is 2.86. The second-order valence-electron chi connectivity index (χ2n) is 13.8. The van der Waals surface area contributed by atoms with Crippen LogP contribution in [0.25, 0.3) is 5.32 Å². The fourth-order valence-corrected chi connectivity index (χ4v) is 4.49. The molecule has 2 rings (SSSR count). The summed E-state index contributed by atoms with van der Waals surface area (Å²) < 4.78 is 0. The number of benzene rings is 2. The standard InChI is InChI=1S/C35H53N2/c1-22(2)26-17-15-18-27(23(3)4)32(26)36-30(34(9,10)11)21-31(35(12,13)14)37-33-28(24(5)6)19-16-20-29(33)25(7)8/h15-25H,1-14H3/q-1/b30-21-,37-31?. The highest BCUT2D eigenvalue weighted by Crippen LogP contribution is 2.45. The van der Waals surface area contributed by atoms with Crippen LogP contribution in [0.5, 0.6) is 0 Å². The van der Waals surface area contributed by atoms with Crippen molar-refractivity contribution in [1.29, 1.82) is 0 Å². The predicted molar refractivity (Wildman–Crippen MR) is 166 cm³/mol. The fraction of sp³-hybridized carbons (Fsp3) is 0.571. The molecule has 0 bridgehead atoms. The molecule has 0 amide bonds. The zero-order valence-corrected chi connectivity index (χ0v) is 26.2. The molecule has 0 heterocycles. The zero-order valence-electron chi connectivity index (χ0n) is 26.2. The Labute approximate surface area is 229 Å². The number of aliphatic imine (C=N–C) groups is 1. The van der Waals surface area contributed by atoms with Gasteiger partial charge in [-0.3, -0.25) is 4.99 Å². The van der Waals surface area contributed by atoms with Crippen LogP contribution in [0.4, 0.5) is 11.4 Å². The van der Waals surface area contributed by atoms with Crippen molar-refractivity contribution < 1.29 is 0 Å². The lowest BCUT2D eigenvalue weighted by molar-refractivity contribution is 0.512. The van der Waals surface area contributed by atoms with E-state index in [1.807, 2.05) is 0 Å². The Kier molecular flexibility index (Phi) is 10.0. The molecule has 0 saturated carbocycles. The van der Waals surface area contributed by atoms with Gasteiger partial charge >= 0.3 is 0 Å². The minimum absolute atomic E-state index is 0.136. The first kappa shape index (κ1) is 30.9. The third kappa shape index (κ3) is 7.82. The quantitative estimate of drug-likeness (QED) is 0.321. The molecule has 0 aliphatic rings. The number of nitrogens with zero attached hydrogens (tertiary/aromatic N) is 2. The summed E-state index contributed by atoms with van der Waals surface area (Å²) in [5.74, 6) is 1.61. The Morgan fingerprint density at radius 1 is 0.622 bits per heavy atom. The molecule has 0 aliphatic heterocycles. The van der Waals surface area contributed by atoms with Crippen molar-refractivity contribution in [1.82, 2.24) is 0 Å². The van der Waals surface area contributed by atoms with Crippen LogP contribution in [-0.4, -0.2) is 5.71 Å². The fourth-order valence-electron chi connectivity index (χ4n) is 4.49. The van der Waals surface area contributed by atoms with Gasteiger partial charge in [0.15, 0.2) is 0 Å². The third-order valence-electron chi connectivity index (χ3n) is 6.96. The summed E-state index contributed by atoms with van der Waals surface area (Å²) in [6, 6.07) is 13.3. The molecule has 2 aromatic rings. The maximum atomic E-state index is 5.46. The van der Waals surface area contributed by atoms with Crippen LogP contribution in [0.1, 0.15) is 143 Å². The Bertz CT molecular complexity index is 1060. The molecule has 0 saturated heterocycles. The highest BCUT2D eigenvalue weighted by molar-refractivity contribution is 6.02. The van der Waals surface area contributed by atoms with Gasteiger partial charge in [-0.05, 0) is 40.2 Å². The highest BCUT2D eigenvalue weighted by Gasteiger charge is 2.22. The van der Waals surface area contributed by atoms with E-state index in [2.05, 4.69) is 139 Å². The van der Waals surface area contributed by atoms with Gasteiger partial charge in [0.05, 0.1) is 5.69 Å².